The third-order valence-corrected chi connectivity index (χ3v) is 7.14. The van der Waals surface area contributed by atoms with Gasteiger partial charge in [0.15, 0.2) is 0 Å². The Hall–Kier alpha value is -2.34. The highest BCUT2D eigenvalue weighted by molar-refractivity contribution is 6.45. The third-order valence-electron chi connectivity index (χ3n) is 7.14. The Morgan fingerprint density at radius 3 is 1.74 bits per heavy atom. The lowest BCUT2D eigenvalue weighted by Gasteiger charge is -2.33. The Balaban J connectivity index is 3.16. The lowest BCUT2D eigenvalue weighted by Crippen LogP contribution is -2.56. The number of carbonyl (C=O) groups is 4. The average Bonchev–Trinajstić information content (AvgIpc) is 2.95. The highest BCUT2D eigenvalue weighted by Crippen LogP contribution is 2.38. The molecule has 1 rings (SSSR count). The van der Waals surface area contributed by atoms with Crippen LogP contribution in [0.2, 0.25) is 6.32 Å². The summed E-state index contributed by atoms with van der Waals surface area (Å²) in [6.45, 7) is 25.3. The van der Waals surface area contributed by atoms with Crippen molar-refractivity contribution in [3.63, 3.8) is 0 Å². The Morgan fingerprint density at radius 1 is 0.810 bits per heavy atom. The van der Waals surface area contributed by atoms with E-state index < -0.39 is 76.8 Å². The van der Waals surface area contributed by atoms with Gasteiger partial charge in [-0.25, -0.2) is 9.59 Å². The van der Waals surface area contributed by atoms with Gasteiger partial charge in [-0.2, -0.15) is 0 Å². The summed E-state index contributed by atoms with van der Waals surface area (Å²) in [6.07, 6.45) is 0.897. The quantitative estimate of drug-likeness (QED) is 0.236. The summed E-state index contributed by atoms with van der Waals surface area (Å²) >= 11 is 0. The minimum Gasteiger partial charge on any atom is -0.458 e. The maximum absolute atomic E-state index is 13.4. The summed E-state index contributed by atoms with van der Waals surface area (Å²) < 4.78 is 23.2. The van der Waals surface area contributed by atoms with Crippen LogP contribution in [-0.2, 0) is 33.2 Å². The number of amides is 3. The number of ether oxygens (including phenoxy) is 2. The van der Waals surface area contributed by atoms with Gasteiger partial charge in [0.2, 0.25) is 11.8 Å². The molecule has 0 aromatic carbocycles. The van der Waals surface area contributed by atoms with Crippen molar-refractivity contribution in [1.29, 1.82) is 0 Å². The Labute approximate surface area is 253 Å². The monoisotopic (exact) mass is 597 g/mol. The van der Waals surface area contributed by atoms with Crippen molar-refractivity contribution in [2.75, 3.05) is 6.54 Å². The van der Waals surface area contributed by atoms with E-state index in [2.05, 4.69) is 16.0 Å². The predicted octanol–water partition coefficient (Wildman–Crippen LogP) is 4.38. The fourth-order valence-corrected chi connectivity index (χ4v) is 4.40. The molecule has 0 bridgehead atoms. The first kappa shape index (κ1) is 37.7. The maximum Gasteiger partial charge on any atom is 0.457 e. The second-order valence-electron chi connectivity index (χ2n) is 15.3. The number of rotatable bonds is 11. The molecule has 1 heterocycles. The van der Waals surface area contributed by atoms with Crippen molar-refractivity contribution in [1.82, 2.24) is 16.0 Å². The Bertz CT molecular complexity index is 947. The molecule has 1 aliphatic heterocycles. The predicted molar refractivity (Wildman–Crippen MR) is 163 cm³/mol. The van der Waals surface area contributed by atoms with Gasteiger partial charge in [0.25, 0.3) is 0 Å². The van der Waals surface area contributed by atoms with E-state index in [1.807, 2.05) is 48.5 Å². The van der Waals surface area contributed by atoms with Gasteiger partial charge >= 0.3 is 19.2 Å². The van der Waals surface area contributed by atoms with Crippen molar-refractivity contribution in [3.8, 4) is 0 Å². The molecule has 1 saturated heterocycles. The number of hydrogen-bond donors (Lipinski definition) is 3. The van der Waals surface area contributed by atoms with Crippen LogP contribution in [0.15, 0.2) is 0 Å². The van der Waals surface area contributed by atoms with Gasteiger partial charge in [-0.15, -0.1) is 0 Å². The van der Waals surface area contributed by atoms with E-state index in [4.69, 9.17) is 18.8 Å². The Morgan fingerprint density at radius 2 is 1.31 bits per heavy atom. The minimum atomic E-state index is -1.01. The zero-order chi connectivity index (χ0) is 32.9. The number of alkyl carbamates (subject to hydrolysis) is 1. The van der Waals surface area contributed by atoms with Crippen LogP contribution in [0.5, 0.6) is 0 Å². The van der Waals surface area contributed by atoms with Crippen LogP contribution in [-0.4, -0.2) is 72.0 Å². The highest BCUT2D eigenvalue weighted by Gasteiger charge is 2.50. The van der Waals surface area contributed by atoms with Crippen molar-refractivity contribution in [2.24, 2.45) is 11.3 Å². The van der Waals surface area contributed by atoms with Crippen LogP contribution in [0, 0.1) is 11.3 Å². The van der Waals surface area contributed by atoms with Crippen LogP contribution >= 0.6 is 0 Å². The topological polar surface area (TPSA) is 141 Å². The highest BCUT2D eigenvalue weighted by atomic mass is 16.7. The molecular formula is C30H56BN3O8. The Kier molecular flexibility index (Phi) is 12.5. The summed E-state index contributed by atoms with van der Waals surface area (Å²) in [5.41, 5.74) is -3.09. The van der Waals surface area contributed by atoms with E-state index in [1.165, 1.54) is 6.92 Å². The summed E-state index contributed by atoms with van der Waals surface area (Å²) in [6, 6.07) is -1.93. The average molecular weight is 598 g/mol. The van der Waals surface area contributed by atoms with Crippen LogP contribution in [0.3, 0.4) is 0 Å². The summed E-state index contributed by atoms with van der Waals surface area (Å²) in [4.78, 5) is 51.4. The lowest BCUT2D eigenvalue weighted by molar-refractivity contribution is -0.160. The molecule has 1 fully saturated rings. The molecule has 0 spiro atoms. The third kappa shape index (κ3) is 12.5. The number of esters is 1. The molecule has 0 aromatic rings. The van der Waals surface area contributed by atoms with Crippen molar-refractivity contribution < 1.29 is 38.0 Å². The first-order valence-electron chi connectivity index (χ1n) is 14.9. The molecule has 0 aliphatic carbocycles. The SMILES string of the molecule is CC(=O)N[C@H](C(=O)OC(C)(C)C)[C@@H](CCCB1OC(C)(C)C(C)(C)O1)CNC(=O)[C@@H](NC(=O)OC(C)(C)C)C(C)(C)C. The van der Waals surface area contributed by atoms with E-state index in [0.29, 0.717) is 19.2 Å². The van der Waals surface area contributed by atoms with E-state index in [1.54, 1.807) is 41.5 Å². The number of hydrogen-bond acceptors (Lipinski definition) is 8. The fraction of sp³-hybridized carbons (Fsp3) is 0.867. The molecule has 42 heavy (non-hydrogen) atoms. The molecule has 11 nitrogen and oxygen atoms in total. The zero-order valence-electron chi connectivity index (χ0n) is 28.4. The van der Waals surface area contributed by atoms with Crippen molar-refractivity contribution in [2.45, 2.75) is 151 Å². The van der Waals surface area contributed by atoms with Crippen LogP contribution in [0.4, 0.5) is 4.79 Å². The molecule has 3 N–H and O–H groups in total. The molecule has 242 valence electrons. The van der Waals surface area contributed by atoms with Gasteiger partial charge in [-0.1, -0.05) is 27.2 Å². The van der Waals surface area contributed by atoms with Gasteiger partial charge in [0.1, 0.15) is 23.3 Å². The lowest BCUT2D eigenvalue weighted by atomic mass is 9.80. The van der Waals surface area contributed by atoms with Crippen molar-refractivity contribution in [3.05, 3.63) is 0 Å². The van der Waals surface area contributed by atoms with E-state index in [9.17, 15) is 19.2 Å². The minimum absolute atomic E-state index is 0.0506. The normalized spacial score (nSPS) is 18.9. The number of nitrogens with one attached hydrogen (secondary N) is 3. The van der Waals surface area contributed by atoms with Crippen LogP contribution < -0.4 is 16.0 Å². The molecule has 0 saturated carbocycles. The van der Waals surface area contributed by atoms with Crippen LogP contribution in [0.25, 0.3) is 0 Å². The summed E-state index contributed by atoms with van der Waals surface area (Å²) in [7, 11) is -0.422. The molecular weight excluding hydrogens is 541 g/mol. The maximum atomic E-state index is 13.4. The second kappa shape index (κ2) is 14.0. The largest absolute Gasteiger partial charge is 0.458 e. The second-order valence-corrected chi connectivity index (χ2v) is 15.3. The van der Waals surface area contributed by atoms with Gasteiger partial charge in [-0.05, 0) is 87.4 Å². The zero-order valence-corrected chi connectivity index (χ0v) is 28.4. The summed E-state index contributed by atoms with van der Waals surface area (Å²) in [5.74, 6) is -1.94. The molecule has 12 heteroatoms. The van der Waals surface area contributed by atoms with Gasteiger partial charge in [0.05, 0.1) is 11.2 Å². The van der Waals surface area contributed by atoms with Gasteiger partial charge in [-0.3, -0.25) is 9.59 Å². The smallest absolute Gasteiger partial charge is 0.457 e. The van der Waals surface area contributed by atoms with Gasteiger partial charge < -0.3 is 34.7 Å². The first-order valence-corrected chi connectivity index (χ1v) is 14.9. The molecule has 0 aromatic heterocycles. The van der Waals surface area contributed by atoms with Crippen molar-refractivity contribution >= 4 is 31.0 Å². The molecule has 0 radical (unpaired) electrons. The first-order chi connectivity index (χ1) is 18.7. The molecule has 3 atom stereocenters. The standard InChI is InChI=1S/C30H56BN3O8/c1-19(35)33-21(24(37)39-27(5,6)7)20(16-15-17-31-41-29(11,12)30(13,14)42-31)18-32-23(36)22(26(2,3)4)34-25(38)40-28(8,9)10/h20-22H,15-18H2,1-14H3,(H,32,36)(H,33,35)(H,34,38)/t20-,21-,22+/m0/s1. The van der Waals surface area contributed by atoms with Gasteiger partial charge in [0, 0.05) is 19.4 Å². The van der Waals surface area contributed by atoms with Crippen LogP contribution in [0.1, 0.15) is 110 Å². The van der Waals surface area contributed by atoms with E-state index >= 15 is 0 Å². The summed E-state index contributed by atoms with van der Waals surface area (Å²) in [5, 5.41) is 8.31. The van der Waals surface area contributed by atoms with E-state index in [0.717, 1.165) is 0 Å². The molecule has 3 amide bonds. The van der Waals surface area contributed by atoms with E-state index in [-0.39, 0.29) is 6.54 Å². The molecule has 1 aliphatic rings. The number of carbonyl (C=O) groups excluding carboxylic acids is 4. The molecule has 0 unspecified atom stereocenters. The fourth-order valence-electron chi connectivity index (χ4n) is 4.40.